The van der Waals surface area contributed by atoms with E-state index in [4.69, 9.17) is 21.6 Å². The van der Waals surface area contributed by atoms with Crippen molar-refractivity contribution in [3.8, 4) is 6.07 Å². The lowest BCUT2D eigenvalue weighted by Crippen LogP contribution is -2.10. The summed E-state index contributed by atoms with van der Waals surface area (Å²) in [6.45, 7) is 2.05. The summed E-state index contributed by atoms with van der Waals surface area (Å²) in [6, 6.07) is 5.53. The van der Waals surface area contributed by atoms with Crippen LogP contribution >= 0.6 is 24.2 Å². The summed E-state index contributed by atoms with van der Waals surface area (Å²) < 4.78 is 4.86. The smallest absolute Gasteiger partial charge is 0.310 e. The monoisotopic (exact) mass is 269 g/mol. The summed E-state index contributed by atoms with van der Waals surface area (Å²) in [5.41, 5.74) is 1.69. The van der Waals surface area contributed by atoms with Gasteiger partial charge < -0.3 is 4.74 Å². The molecule has 0 heterocycles. The second-order valence-corrected chi connectivity index (χ2v) is 4.07. The number of rotatable bonds is 4. The fraction of sp³-hybridized carbons (Fsp3) is 0.333. The molecule has 0 saturated heterocycles. The van der Waals surface area contributed by atoms with Crippen LogP contribution in [0.2, 0.25) is 0 Å². The first-order valence-corrected chi connectivity index (χ1v) is 6.07. The van der Waals surface area contributed by atoms with Gasteiger partial charge in [0.15, 0.2) is 0 Å². The molecular weight excluding hydrogens is 258 g/mol. The predicted octanol–water partition coefficient (Wildman–Crippen LogP) is 2.69. The number of nitriles is 1. The SMILES string of the molecule is CCOC(=O)Cc1c(S)ccc(CCl)c1C#N. The van der Waals surface area contributed by atoms with E-state index in [9.17, 15) is 4.79 Å². The van der Waals surface area contributed by atoms with E-state index in [0.717, 1.165) is 0 Å². The van der Waals surface area contributed by atoms with Crippen molar-refractivity contribution in [2.75, 3.05) is 6.61 Å². The van der Waals surface area contributed by atoms with Crippen LogP contribution in [0.3, 0.4) is 0 Å². The summed E-state index contributed by atoms with van der Waals surface area (Å²) in [7, 11) is 0. The highest BCUT2D eigenvalue weighted by Gasteiger charge is 2.15. The molecule has 0 amide bonds. The van der Waals surface area contributed by atoms with Gasteiger partial charge in [0.05, 0.1) is 24.7 Å². The van der Waals surface area contributed by atoms with Crippen molar-refractivity contribution in [2.45, 2.75) is 24.1 Å². The van der Waals surface area contributed by atoms with Gasteiger partial charge in [-0.05, 0) is 24.1 Å². The van der Waals surface area contributed by atoms with Crippen molar-refractivity contribution in [3.63, 3.8) is 0 Å². The molecular formula is C12H12ClNO2S. The second kappa shape index (κ2) is 6.53. The molecule has 0 spiro atoms. The van der Waals surface area contributed by atoms with Crippen LogP contribution < -0.4 is 0 Å². The Morgan fingerprint density at radius 2 is 2.29 bits per heavy atom. The van der Waals surface area contributed by atoms with E-state index in [2.05, 4.69) is 18.7 Å². The first kappa shape index (κ1) is 13.9. The summed E-state index contributed by atoms with van der Waals surface area (Å²) >= 11 is 9.99. The molecule has 0 atom stereocenters. The maximum Gasteiger partial charge on any atom is 0.310 e. The van der Waals surface area contributed by atoms with E-state index in [1.54, 1.807) is 19.1 Å². The van der Waals surface area contributed by atoms with Crippen molar-refractivity contribution >= 4 is 30.2 Å². The third kappa shape index (κ3) is 3.39. The highest BCUT2D eigenvalue weighted by molar-refractivity contribution is 7.80. The average molecular weight is 270 g/mol. The number of esters is 1. The van der Waals surface area contributed by atoms with E-state index < -0.39 is 0 Å². The molecule has 0 saturated carbocycles. The van der Waals surface area contributed by atoms with Crippen LogP contribution in [0.5, 0.6) is 0 Å². The average Bonchev–Trinajstić information content (AvgIpc) is 2.31. The van der Waals surface area contributed by atoms with Crippen LogP contribution in [0, 0.1) is 11.3 Å². The minimum absolute atomic E-state index is 0.0420. The quantitative estimate of drug-likeness (QED) is 0.519. The molecule has 90 valence electrons. The Kier molecular flexibility index (Phi) is 5.33. The van der Waals surface area contributed by atoms with Crippen molar-refractivity contribution in [1.82, 2.24) is 0 Å². The zero-order valence-corrected chi connectivity index (χ0v) is 11.0. The van der Waals surface area contributed by atoms with Gasteiger partial charge in [-0.2, -0.15) is 5.26 Å². The number of thiol groups is 1. The van der Waals surface area contributed by atoms with Crippen molar-refractivity contribution in [1.29, 1.82) is 5.26 Å². The van der Waals surface area contributed by atoms with Gasteiger partial charge in [0, 0.05) is 10.8 Å². The van der Waals surface area contributed by atoms with Crippen LogP contribution in [0.1, 0.15) is 23.6 Å². The van der Waals surface area contributed by atoms with E-state index >= 15 is 0 Å². The van der Waals surface area contributed by atoms with Gasteiger partial charge in [-0.25, -0.2) is 0 Å². The predicted molar refractivity (Wildman–Crippen MR) is 68.3 cm³/mol. The maximum atomic E-state index is 11.4. The molecule has 0 bridgehead atoms. The van der Waals surface area contributed by atoms with Gasteiger partial charge in [-0.1, -0.05) is 6.07 Å². The Balaban J connectivity index is 3.13. The van der Waals surface area contributed by atoms with Crippen molar-refractivity contribution in [2.24, 2.45) is 0 Å². The number of nitrogens with zero attached hydrogens (tertiary/aromatic N) is 1. The Morgan fingerprint density at radius 1 is 1.59 bits per heavy atom. The zero-order chi connectivity index (χ0) is 12.8. The Morgan fingerprint density at radius 3 is 2.82 bits per heavy atom. The van der Waals surface area contributed by atoms with Crippen LogP contribution in [0.25, 0.3) is 0 Å². The van der Waals surface area contributed by atoms with Crippen molar-refractivity contribution in [3.05, 3.63) is 28.8 Å². The van der Waals surface area contributed by atoms with Gasteiger partial charge in [-0.3, -0.25) is 4.79 Å². The third-order valence-electron chi connectivity index (χ3n) is 2.26. The molecule has 0 aliphatic heterocycles. The van der Waals surface area contributed by atoms with E-state index in [-0.39, 0.29) is 18.3 Å². The van der Waals surface area contributed by atoms with Crippen LogP contribution in [0.15, 0.2) is 17.0 Å². The maximum absolute atomic E-state index is 11.4. The molecule has 0 N–H and O–H groups in total. The summed E-state index contributed by atoms with van der Waals surface area (Å²) in [5.74, 6) is -0.140. The van der Waals surface area contributed by atoms with Crippen molar-refractivity contribution < 1.29 is 9.53 Å². The molecule has 0 aliphatic carbocycles. The van der Waals surface area contributed by atoms with E-state index in [1.165, 1.54) is 0 Å². The number of alkyl halides is 1. The lowest BCUT2D eigenvalue weighted by molar-refractivity contribution is -0.142. The van der Waals surface area contributed by atoms with E-state index in [0.29, 0.717) is 28.2 Å². The van der Waals surface area contributed by atoms with Gasteiger partial charge in [0.2, 0.25) is 0 Å². The lowest BCUT2D eigenvalue weighted by atomic mass is 10.0. The Bertz CT molecular complexity index is 468. The largest absolute Gasteiger partial charge is 0.466 e. The molecule has 0 radical (unpaired) electrons. The van der Waals surface area contributed by atoms with Crippen LogP contribution in [0.4, 0.5) is 0 Å². The highest BCUT2D eigenvalue weighted by Crippen LogP contribution is 2.24. The van der Waals surface area contributed by atoms with Gasteiger partial charge in [0.1, 0.15) is 0 Å². The number of halogens is 1. The number of ether oxygens (including phenoxy) is 1. The molecule has 1 rings (SSSR count). The topological polar surface area (TPSA) is 50.1 Å². The molecule has 0 aliphatic rings. The highest BCUT2D eigenvalue weighted by atomic mass is 35.5. The minimum Gasteiger partial charge on any atom is -0.466 e. The standard InChI is InChI=1S/C12H12ClNO2S/c1-2-16-12(15)5-9-10(7-14)8(6-13)3-4-11(9)17/h3-4,17H,2,5-6H2,1H3. The third-order valence-corrected chi connectivity index (χ3v) is 2.96. The minimum atomic E-state index is -0.369. The molecule has 1 aromatic carbocycles. The summed E-state index contributed by atoms with van der Waals surface area (Å²) in [4.78, 5) is 12.0. The summed E-state index contributed by atoms with van der Waals surface area (Å²) in [6.07, 6.45) is 0.0420. The van der Waals surface area contributed by atoms with Crippen LogP contribution in [-0.2, 0) is 21.8 Å². The molecule has 0 fully saturated rings. The van der Waals surface area contributed by atoms with Crippen LogP contribution in [-0.4, -0.2) is 12.6 Å². The molecule has 5 heteroatoms. The Hall–Kier alpha value is -1.18. The second-order valence-electron chi connectivity index (χ2n) is 3.32. The number of carbonyl (C=O) groups excluding carboxylic acids is 1. The fourth-order valence-electron chi connectivity index (χ4n) is 1.47. The fourth-order valence-corrected chi connectivity index (χ4v) is 1.96. The number of benzene rings is 1. The molecule has 1 aromatic rings. The number of hydrogen-bond acceptors (Lipinski definition) is 4. The van der Waals surface area contributed by atoms with Gasteiger partial charge in [0.25, 0.3) is 0 Å². The number of hydrogen-bond donors (Lipinski definition) is 1. The summed E-state index contributed by atoms with van der Waals surface area (Å²) in [5, 5.41) is 9.10. The zero-order valence-electron chi connectivity index (χ0n) is 9.36. The van der Waals surface area contributed by atoms with Gasteiger partial charge >= 0.3 is 5.97 Å². The first-order chi connectivity index (χ1) is 8.13. The lowest BCUT2D eigenvalue weighted by Gasteiger charge is -2.10. The Labute approximate surface area is 111 Å². The molecule has 17 heavy (non-hydrogen) atoms. The molecule has 0 unspecified atom stereocenters. The molecule has 3 nitrogen and oxygen atoms in total. The molecule has 0 aromatic heterocycles. The number of carbonyl (C=O) groups is 1. The normalized spacial score (nSPS) is 9.76. The van der Waals surface area contributed by atoms with Gasteiger partial charge in [-0.15, -0.1) is 24.2 Å². The first-order valence-electron chi connectivity index (χ1n) is 5.09. The van der Waals surface area contributed by atoms with E-state index in [1.807, 2.05) is 0 Å².